The van der Waals surface area contributed by atoms with Gasteiger partial charge in [0.1, 0.15) is 18.1 Å². The summed E-state index contributed by atoms with van der Waals surface area (Å²) in [6, 6.07) is 15.4. The number of likely N-dealkylation sites (N-methyl/N-ethyl adjacent to an activating group) is 1. The van der Waals surface area contributed by atoms with Gasteiger partial charge in [-0.15, -0.1) is 0 Å². The van der Waals surface area contributed by atoms with Gasteiger partial charge in [-0.05, 0) is 66.2 Å². The summed E-state index contributed by atoms with van der Waals surface area (Å²) in [5, 5.41) is 21.9. The van der Waals surface area contributed by atoms with E-state index in [1.165, 1.54) is 37.5 Å². The van der Waals surface area contributed by atoms with E-state index in [1.807, 2.05) is 13.8 Å². The molecule has 0 bridgehead atoms. The number of amides is 1. The van der Waals surface area contributed by atoms with Crippen LogP contribution in [-0.4, -0.2) is 53.4 Å². The van der Waals surface area contributed by atoms with Crippen LogP contribution >= 0.6 is 11.6 Å². The summed E-state index contributed by atoms with van der Waals surface area (Å²) in [6.45, 7) is 4.00. The Morgan fingerprint density at radius 1 is 1.15 bits per heavy atom. The first kappa shape index (κ1) is 32.3. The highest BCUT2D eigenvalue weighted by Crippen LogP contribution is 2.29. The van der Waals surface area contributed by atoms with Gasteiger partial charge < -0.3 is 20.1 Å². The molecule has 0 saturated heterocycles. The van der Waals surface area contributed by atoms with Crippen LogP contribution in [0.1, 0.15) is 40.9 Å². The van der Waals surface area contributed by atoms with Crippen LogP contribution in [0.4, 0.5) is 5.69 Å². The largest absolute Gasteiger partial charge is 0.495 e. The van der Waals surface area contributed by atoms with E-state index in [4.69, 9.17) is 21.4 Å². The molecule has 1 aromatic heterocycles. The zero-order chi connectivity index (χ0) is 30.4. The van der Waals surface area contributed by atoms with Gasteiger partial charge in [-0.3, -0.25) is 14.6 Å². The van der Waals surface area contributed by atoms with Gasteiger partial charge in [-0.1, -0.05) is 25.4 Å². The molecule has 1 heterocycles. The summed E-state index contributed by atoms with van der Waals surface area (Å²) in [4.78, 5) is 41.8. The molecule has 1 amide bonds. The second-order valence-corrected chi connectivity index (χ2v) is 8.76. The number of ether oxygens (including phenoxy) is 1. The van der Waals surface area contributed by atoms with Crippen LogP contribution in [0.5, 0.6) is 0 Å². The quantitative estimate of drug-likeness (QED) is 0.131. The molecule has 212 valence electrons. The van der Waals surface area contributed by atoms with E-state index in [2.05, 4.69) is 16.4 Å². The van der Waals surface area contributed by atoms with Gasteiger partial charge in [-0.25, -0.2) is 4.79 Å². The van der Waals surface area contributed by atoms with Crippen LogP contribution in [0, 0.1) is 11.3 Å². The SMILES string of the molecule is CC.COC(=C/N(C)C(Cc1ccncc1)C(=O)Nc1ccc(C(=O)O)cc1)/C(=C\C=O)c1cc(Cl)ccc1C#N. The number of aromatic nitrogens is 1. The van der Waals surface area contributed by atoms with Gasteiger partial charge in [-0.2, -0.15) is 5.26 Å². The molecule has 0 saturated carbocycles. The number of carbonyl (C=O) groups excluding carboxylic acids is 2. The number of allylic oxidation sites excluding steroid dienone is 2. The molecule has 9 nitrogen and oxygen atoms in total. The van der Waals surface area contributed by atoms with Crippen molar-refractivity contribution in [3.63, 3.8) is 0 Å². The Labute approximate surface area is 244 Å². The molecule has 1 atom stereocenters. The number of carboxylic acid groups (broad SMARTS) is 1. The maximum absolute atomic E-state index is 13.5. The minimum atomic E-state index is -1.07. The highest BCUT2D eigenvalue weighted by atomic mass is 35.5. The van der Waals surface area contributed by atoms with E-state index in [0.29, 0.717) is 34.6 Å². The molecule has 3 rings (SSSR count). The van der Waals surface area contributed by atoms with Crippen molar-refractivity contribution in [1.29, 1.82) is 5.26 Å². The predicted octanol–water partition coefficient (Wildman–Crippen LogP) is 5.58. The van der Waals surface area contributed by atoms with Crippen molar-refractivity contribution in [3.05, 3.63) is 112 Å². The smallest absolute Gasteiger partial charge is 0.335 e. The van der Waals surface area contributed by atoms with Crippen molar-refractivity contribution in [2.75, 3.05) is 19.5 Å². The first-order valence-electron chi connectivity index (χ1n) is 12.6. The number of rotatable bonds is 11. The Hall–Kier alpha value is -4.94. The molecular weight excluding hydrogens is 544 g/mol. The van der Waals surface area contributed by atoms with E-state index in [0.717, 1.165) is 5.56 Å². The van der Waals surface area contributed by atoms with E-state index in [9.17, 15) is 19.6 Å². The Kier molecular flexibility index (Phi) is 12.8. The summed E-state index contributed by atoms with van der Waals surface area (Å²) in [5.41, 5.74) is 2.36. The summed E-state index contributed by atoms with van der Waals surface area (Å²) in [6.07, 6.45) is 6.94. The van der Waals surface area contributed by atoms with Crippen molar-refractivity contribution in [2.24, 2.45) is 0 Å². The number of benzene rings is 2. The number of anilines is 1. The first-order chi connectivity index (χ1) is 19.8. The normalized spacial score (nSPS) is 11.7. The van der Waals surface area contributed by atoms with E-state index in [-0.39, 0.29) is 22.8 Å². The van der Waals surface area contributed by atoms with Crippen LogP contribution in [-0.2, 0) is 20.7 Å². The van der Waals surface area contributed by atoms with Crippen molar-refractivity contribution < 1.29 is 24.2 Å². The number of halogens is 1. The van der Waals surface area contributed by atoms with Crippen molar-refractivity contribution in [3.8, 4) is 6.07 Å². The number of carboxylic acids is 1. The molecule has 0 aliphatic carbocycles. The maximum atomic E-state index is 13.5. The fourth-order valence-corrected chi connectivity index (χ4v) is 3.97. The number of carbonyl (C=O) groups is 3. The van der Waals surface area contributed by atoms with Crippen LogP contribution in [0.15, 0.2) is 85.0 Å². The molecular formula is C31H31ClN4O5. The average molecular weight is 575 g/mol. The first-order valence-corrected chi connectivity index (χ1v) is 13.0. The molecule has 10 heteroatoms. The molecule has 41 heavy (non-hydrogen) atoms. The molecule has 0 fully saturated rings. The highest BCUT2D eigenvalue weighted by molar-refractivity contribution is 6.30. The van der Waals surface area contributed by atoms with E-state index >= 15 is 0 Å². The van der Waals surface area contributed by atoms with Gasteiger partial charge in [0.15, 0.2) is 0 Å². The fourth-order valence-electron chi connectivity index (χ4n) is 3.80. The lowest BCUT2D eigenvalue weighted by molar-refractivity contribution is -0.120. The van der Waals surface area contributed by atoms with Crippen LogP contribution in [0.2, 0.25) is 5.02 Å². The van der Waals surface area contributed by atoms with Gasteiger partial charge in [0.2, 0.25) is 5.91 Å². The summed E-state index contributed by atoms with van der Waals surface area (Å²) in [7, 11) is 3.09. The number of pyridine rings is 1. The van der Waals surface area contributed by atoms with Gasteiger partial charge in [0, 0.05) is 53.9 Å². The standard InChI is InChI=1S/C29H25ClN4O5.C2H6/c1-34(18-27(39-2)24(11-14-35)25-16-22(30)6-3-21(25)17-31)26(15-19-9-12-32-13-10-19)28(36)33-23-7-4-20(5-8-23)29(37)38;1-2/h3-14,16,18,26H,15H2,1-2H3,(H,33,36)(H,37,38);1-2H3/b24-11-,27-18+;. The Morgan fingerprint density at radius 3 is 2.37 bits per heavy atom. The second kappa shape index (κ2) is 16.2. The third-order valence-corrected chi connectivity index (χ3v) is 6.04. The number of aromatic carboxylic acids is 1. The molecule has 2 N–H and O–H groups in total. The molecule has 0 radical (unpaired) electrons. The molecule has 0 aliphatic heterocycles. The predicted molar refractivity (Wildman–Crippen MR) is 158 cm³/mol. The van der Waals surface area contributed by atoms with Crippen molar-refractivity contribution in [1.82, 2.24) is 9.88 Å². The zero-order valence-corrected chi connectivity index (χ0v) is 23.9. The average Bonchev–Trinajstić information content (AvgIpc) is 2.99. The van der Waals surface area contributed by atoms with E-state index in [1.54, 1.807) is 60.9 Å². The lowest BCUT2D eigenvalue weighted by Crippen LogP contribution is -2.41. The minimum Gasteiger partial charge on any atom is -0.495 e. The van der Waals surface area contributed by atoms with Crippen molar-refractivity contribution in [2.45, 2.75) is 26.3 Å². The third kappa shape index (κ3) is 9.05. The topological polar surface area (TPSA) is 133 Å². The van der Waals surface area contributed by atoms with Crippen LogP contribution in [0.3, 0.4) is 0 Å². The van der Waals surface area contributed by atoms with Gasteiger partial charge >= 0.3 is 5.97 Å². The van der Waals surface area contributed by atoms with E-state index < -0.39 is 12.0 Å². The molecule has 2 aromatic carbocycles. The number of hydrogen-bond acceptors (Lipinski definition) is 7. The minimum absolute atomic E-state index is 0.0957. The number of nitrogens with one attached hydrogen (secondary N) is 1. The maximum Gasteiger partial charge on any atom is 0.335 e. The number of nitrogens with zero attached hydrogens (tertiary/aromatic N) is 3. The number of methoxy groups -OCH3 is 1. The Bertz CT molecular complexity index is 1450. The molecule has 3 aromatic rings. The molecule has 0 spiro atoms. The lowest BCUT2D eigenvalue weighted by Gasteiger charge is -2.27. The summed E-state index contributed by atoms with van der Waals surface area (Å²) in [5.74, 6) is -1.22. The Balaban J connectivity index is 0.00000287. The number of hydrogen-bond donors (Lipinski definition) is 2. The third-order valence-electron chi connectivity index (χ3n) is 5.81. The Morgan fingerprint density at radius 2 is 1.80 bits per heavy atom. The van der Waals surface area contributed by atoms with Gasteiger partial charge in [0.25, 0.3) is 0 Å². The second-order valence-electron chi connectivity index (χ2n) is 8.33. The highest BCUT2D eigenvalue weighted by Gasteiger charge is 2.24. The number of aldehydes is 1. The fraction of sp³-hybridized carbons (Fsp3) is 0.194. The summed E-state index contributed by atoms with van der Waals surface area (Å²) < 4.78 is 5.61. The number of nitriles is 1. The van der Waals surface area contributed by atoms with Gasteiger partial charge in [0.05, 0.1) is 24.3 Å². The summed E-state index contributed by atoms with van der Waals surface area (Å²) >= 11 is 6.17. The van der Waals surface area contributed by atoms with Crippen molar-refractivity contribution >= 4 is 41.0 Å². The molecule has 1 unspecified atom stereocenters. The zero-order valence-electron chi connectivity index (χ0n) is 23.2. The monoisotopic (exact) mass is 574 g/mol. The lowest BCUT2D eigenvalue weighted by atomic mass is 9.98. The van der Waals surface area contributed by atoms with Crippen LogP contribution in [0.25, 0.3) is 5.57 Å². The molecule has 0 aliphatic rings. The van der Waals surface area contributed by atoms with Crippen LogP contribution < -0.4 is 5.32 Å².